The van der Waals surface area contributed by atoms with E-state index in [-0.39, 0.29) is 17.3 Å². The van der Waals surface area contributed by atoms with Gasteiger partial charge in [-0.25, -0.2) is 9.78 Å². The van der Waals surface area contributed by atoms with Gasteiger partial charge in [0, 0.05) is 41.2 Å². The number of carboxylic acid groups (broad SMARTS) is 1. The lowest BCUT2D eigenvalue weighted by Gasteiger charge is -2.07. The molecule has 1 aromatic carbocycles. The number of ketones is 1. The van der Waals surface area contributed by atoms with Gasteiger partial charge in [-0.15, -0.1) is 0 Å². The van der Waals surface area contributed by atoms with E-state index < -0.39 is 22.2 Å². The summed E-state index contributed by atoms with van der Waals surface area (Å²) in [5.41, 5.74) is 0.861. The zero-order valence-corrected chi connectivity index (χ0v) is 14.6. The minimum Gasteiger partial charge on any atom is -0.477 e. The molecule has 1 aliphatic heterocycles. The molecule has 0 aliphatic carbocycles. The normalized spacial score (nSPS) is 15.0. The molecule has 10 nitrogen and oxygen atoms in total. The number of non-ortho nitro benzene ring substituents is 1. The topological polar surface area (TPSA) is 147 Å². The number of nitro groups is 1. The molecule has 0 saturated heterocycles. The largest absolute Gasteiger partial charge is 0.477 e. The van der Waals surface area contributed by atoms with E-state index in [2.05, 4.69) is 15.3 Å². The zero-order chi connectivity index (χ0) is 20.5. The van der Waals surface area contributed by atoms with Crippen molar-refractivity contribution in [2.24, 2.45) is 0 Å². The molecule has 29 heavy (non-hydrogen) atoms. The van der Waals surface area contributed by atoms with Gasteiger partial charge in [0.05, 0.1) is 4.92 Å². The van der Waals surface area contributed by atoms with Gasteiger partial charge in [-0.05, 0) is 30.3 Å². The number of aromatic nitrogens is 2. The second-order valence-electron chi connectivity index (χ2n) is 6.02. The first-order valence-corrected chi connectivity index (χ1v) is 8.29. The third kappa shape index (κ3) is 3.30. The number of pyridine rings is 1. The summed E-state index contributed by atoms with van der Waals surface area (Å²) in [4.78, 5) is 41.4. The lowest BCUT2D eigenvalue weighted by molar-refractivity contribution is -0.384. The molecule has 144 valence electrons. The number of ether oxygens (including phenoxy) is 1. The number of H-pyrrole nitrogens is 1. The van der Waals surface area contributed by atoms with Crippen molar-refractivity contribution in [3.63, 3.8) is 0 Å². The van der Waals surface area contributed by atoms with Crippen LogP contribution in [0.15, 0.2) is 66.0 Å². The number of rotatable bonds is 5. The van der Waals surface area contributed by atoms with E-state index in [0.717, 1.165) is 5.39 Å². The van der Waals surface area contributed by atoms with Gasteiger partial charge in [0.25, 0.3) is 5.69 Å². The van der Waals surface area contributed by atoms with E-state index in [1.165, 1.54) is 30.3 Å². The number of Topliss-reactive ketones (excluding diaryl/α,β-unsaturated/α-hetero) is 1. The van der Waals surface area contributed by atoms with Crippen molar-refractivity contribution in [1.82, 2.24) is 9.97 Å². The van der Waals surface area contributed by atoms with Gasteiger partial charge in [-0.1, -0.05) is 0 Å². The molecule has 10 heteroatoms. The van der Waals surface area contributed by atoms with E-state index in [9.17, 15) is 24.8 Å². The minimum atomic E-state index is -1.46. The fraction of sp³-hybridized carbons (Fsp3) is 0. The predicted molar refractivity (Wildman–Crippen MR) is 102 cm³/mol. The Kier molecular flexibility index (Phi) is 4.28. The molecule has 3 N–H and O–H groups in total. The highest BCUT2D eigenvalue weighted by atomic mass is 16.6. The lowest BCUT2D eigenvalue weighted by Crippen LogP contribution is -2.12. The summed E-state index contributed by atoms with van der Waals surface area (Å²) in [6, 6.07) is 8.78. The standard InChI is InChI=1S/C19H12N4O6/c24-16-14(8-10-9-21-17-13(10)2-1-7-20-17)29-18(15(16)19(25)26)22-11-3-5-12(6-4-11)23(27)28/h1-9,22H,(H,20,21)(H,25,26). The summed E-state index contributed by atoms with van der Waals surface area (Å²) in [6.07, 6.45) is 4.67. The summed E-state index contributed by atoms with van der Waals surface area (Å²) in [7, 11) is 0. The van der Waals surface area contributed by atoms with Crippen LogP contribution in [-0.2, 0) is 14.3 Å². The van der Waals surface area contributed by atoms with Gasteiger partial charge in [0.1, 0.15) is 5.65 Å². The molecule has 0 spiro atoms. The van der Waals surface area contributed by atoms with E-state index in [1.54, 1.807) is 24.5 Å². The Morgan fingerprint density at radius 1 is 1.28 bits per heavy atom. The third-order valence-corrected chi connectivity index (χ3v) is 4.21. The average Bonchev–Trinajstić information content (AvgIpc) is 3.24. The number of fused-ring (bicyclic) bond motifs is 1. The molecule has 0 unspecified atom stereocenters. The summed E-state index contributed by atoms with van der Waals surface area (Å²) in [5, 5.41) is 23.6. The quantitative estimate of drug-likeness (QED) is 0.260. The molecule has 0 atom stereocenters. The second kappa shape index (κ2) is 6.93. The van der Waals surface area contributed by atoms with E-state index in [1.807, 2.05) is 0 Å². The molecule has 0 radical (unpaired) electrons. The lowest BCUT2D eigenvalue weighted by atomic mass is 10.1. The smallest absolute Gasteiger partial charge is 0.345 e. The number of nitrogens with zero attached hydrogens (tertiary/aromatic N) is 2. The molecule has 0 fully saturated rings. The Balaban J connectivity index is 1.65. The molecule has 3 aromatic rings. The van der Waals surface area contributed by atoms with E-state index in [0.29, 0.717) is 16.9 Å². The Labute approximate surface area is 162 Å². The van der Waals surface area contributed by atoms with Crippen LogP contribution in [0.3, 0.4) is 0 Å². The molecular weight excluding hydrogens is 380 g/mol. The van der Waals surface area contributed by atoms with E-state index in [4.69, 9.17) is 4.74 Å². The summed E-state index contributed by atoms with van der Waals surface area (Å²) in [6.45, 7) is 0. The number of nitrogens with one attached hydrogen (secondary N) is 2. The first-order chi connectivity index (χ1) is 13.9. The van der Waals surface area contributed by atoms with Gasteiger partial charge < -0.3 is 20.1 Å². The molecule has 1 aliphatic rings. The van der Waals surface area contributed by atoms with Crippen LogP contribution in [-0.4, -0.2) is 31.8 Å². The highest BCUT2D eigenvalue weighted by molar-refractivity contribution is 6.26. The molecule has 2 aromatic heterocycles. The maximum absolute atomic E-state index is 12.6. The highest BCUT2D eigenvalue weighted by Gasteiger charge is 2.36. The molecule has 0 saturated carbocycles. The van der Waals surface area contributed by atoms with Crippen molar-refractivity contribution in [2.45, 2.75) is 0 Å². The number of anilines is 1. The Bertz CT molecular complexity index is 1220. The number of aliphatic carboxylic acids is 1. The highest BCUT2D eigenvalue weighted by Crippen LogP contribution is 2.30. The van der Waals surface area contributed by atoms with Crippen molar-refractivity contribution in [1.29, 1.82) is 0 Å². The Hall–Kier alpha value is -4.47. The zero-order valence-electron chi connectivity index (χ0n) is 14.6. The van der Waals surface area contributed by atoms with Crippen LogP contribution in [0.4, 0.5) is 11.4 Å². The van der Waals surface area contributed by atoms with Gasteiger partial charge in [-0.3, -0.25) is 14.9 Å². The number of benzene rings is 1. The maximum Gasteiger partial charge on any atom is 0.345 e. The number of carbonyl (C=O) groups excluding carboxylic acids is 1. The number of hydrogen-bond donors (Lipinski definition) is 3. The Morgan fingerprint density at radius 2 is 2.03 bits per heavy atom. The molecule has 0 amide bonds. The van der Waals surface area contributed by atoms with E-state index >= 15 is 0 Å². The molecular formula is C19H12N4O6. The van der Waals surface area contributed by atoms with Crippen LogP contribution in [0, 0.1) is 10.1 Å². The SMILES string of the molecule is O=C(O)C1=C(Nc2ccc([N+](=O)[O-])cc2)OC(=Cc2c[nH]c3ncccc23)C1=O. The first-order valence-electron chi connectivity index (χ1n) is 8.29. The van der Waals surface area contributed by atoms with Crippen molar-refractivity contribution >= 4 is 40.2 Å². The Morgan fingerprint density at radius 3 is 2.72 bits per heavy atom. The van der Waals surface area contributed by atoms with Crippen molar-refractivity contribution in [2.75, 3.05) is 5.32 Å². The first kappa shape index (κ1) is 17.9. The monoisotopic (exact) mass is 392 g/mol. The number of hydrogen-bond acceptors (Lipinski definition) is 7. The number of carboxylic acids is 1. The van der Waals surface area contributed by atoms with Gasteiger partial charge in [-0.2, -0.15) is 0 Å². The van der Waals surface area contributed by atoms with Crippen LogP contribution in [0.1, 0.15) is 5.56 Å². The van der Waals surface area contributed by atoms with Crippen LogP contribution >= 0.6 is 0 Å². The maximum atomic E-state index is 12.6. The van der Waals surface area contributed by atoms with Crippen molar-refractivity contribution < 1.29 is 24.4 Å². The number of aromatic amines is 1. The van der Waals surface area contributed by atoms with Crippen LogP contribution in [0.5, 0.6) is 0 Å². The van der Waals surface area contributed by atoms with Gasteiger partial charge in [0.15, 0.2) is 11.3 Å². The fourth-order valence-corrected chi connectivity index (χ4v) is 2.85. The average molecular weight is 392 g/mol. The molecule has 4 rings (SSSR count). The van der Waals surface area contributed by atoms with Gasteiger partial charge in [0.2, 0.25) is 11.7 Å². The van der Waals surface area contributed by atoms with Gasteiger partial charge >= 0.3 is 5.97 Å². The predicted octanol–water partition coefficient (Wildman–Crippen LogP) is 2.82. The van der Waals surface area contributed by atoms with Crippen LogP contribution < -0.4 is 5.32 Å². The summed E-state index contributed by atoms with van der Waals surface area (Å²) >= 11 is 0. The van der Waals surface area contributed by atoms with Crippen LogP contribution in [0.25, 0.3) is 17.1 Å². The second-order valence-corrected chi connectivity index (χ2v) is 6.02. The number of carbonyl (C=O) groups is 2. The summed E-state index contributed by atoms with van der Waals surface area (Å²) < 4.78 is 5.48. The minimum absolute atomic E-state index is 0.125. The number of nitro benzene ring substituents is 1. The number of allylic oxidation sites excluding steroid dienone is 1. The van der Waals surface area contributed by atoms with Crippen molar-refractivity contribution in [3.8, 4) is 0 Å². The third-order valence-electron chi connectivity index (χ3n) is 4.21. The summed E-state index contributed by atoms with van der Waals surface area (Å²) in [5.74, 6) is -2.68. The molecule has 0 bridgehead atoms. The van der Waals surface area contributed by atoms with Crippen LogP contribution in [0.2, 0.25) is 0 Å². The fourth-order valence-electron chi connectivity index (χ4n) is 2.85. The molecule has 3 heterocycles. The van der Waals surface area contributed by atoms with Crippen molar-refractivity contribution in [3.05, 3.63) is 81.7 Å².